The molecule has 0 heterocycles. The van der Waals surface area contributed by atoms with Crippen LogP contribution in [0.5, 0.6) is 0 Å². The van der Waals surface area contributed by atoms with Gasteiger partial charge in [0.15, 0.2) is 9.84 Å². The average molecular weight is 311 g/mol. The monoisotopic (exact) mass is 311 g/mol. The number of hydrogen-bond acceptors (Lipinski definition) is 4. The standard InChI is InChI=1S/C15H21NO4S/c1-21(19,20)13-7-5-6-12(10-13)14(18)16-15(11-17)8-3-2-4-9-15/h5-7,10,17H,2-4,8-9,11H2,1H3,(H,16,18). The van der Waals surface area contributed by atoms with E-state index in [1.165, 1.54) is 12.1 Å². The van der Waals surface area contributed by atoms with Gasteiger partial charge >= 0.3 is 0 Å². The molecule has 0 spiro atoms. The highest BCUT2D eigenvalue weighted by Gasteiger charge is 2.33. The molecule has 116 valence electrons. The molecule has 1 aromatic carbocycles. The summed E-state index contributed by atoms with van der Waals surface area (Å²) in [5, 5.41) is 12.5. The Morgan fingerprint density at radius 2 is 1.95 bits per heavy atom. The molecule has 5 nitrogen and oxygen atoms in total. The lowest BCUT2D eigenvalue weighted by Crippen LogP contribution is -2.52. The van der Waals surface area contributed by atoms with Crippen molar-refractivity contribution in [1.29, 1.82) is 0 Å². The number of aliphatic hydroxyl groups is 1. The molecular weight excluding hydrogens is 290 g/mol. The van der Waals surface area contributed by atoms with Gasteiger partial charge in [-0.05, 0) is 31.0 Å². The van der Waals surface area contributed by atoms with Crippen LogP contribution in [-0.2, 0) is 9.84 Å². The molecule has 0 saturated heterocycles. The van der Waals surface area contributed by atoms with E-state index in [-0.39, 0.29) is 17.4 Å². The van der Waals surface area contributed by atoms with Crippen LogP contribution < -0.4 is 5.32 Å². The Morgan fingerprint density at radius 3 is 2.52 bits per heavy atom. The minimum atomic E-state index is -3.34. The lowest BCUT2D eigenvalue weighted by atomic mass is 9.82. The van der Waals surface area contributed by atoms with Crippen LogP contribution in [0.4, 0.5) is 0 Å². The third-order valence-electron chi connectivity index (χ3n) is 4.02. The first-order chi connectivity index (χ1) is 9.86. The second kappa shape index (κ2) is 6.15. The summed E-state index contributed by atoms with van der Waals surface area (Å²) in [6.07, 6.45) is 5.68. The maximum Gasteiger partial charge on any atom is 0.251 e. The summed E-state index contributed by atoms with van der Waals surface area (Å²) >= 11 is 0. The minimum Gasteiger partial charge on any atom is -0.394 e. The van der Waals surface area contributed by atoms with Gasteiger partial charge in [0.1, 0.15) is 0 Å². The highest BCUT2D eigenvalue weighted by atomic mass is 32.2. The minimum absolute atomic E-state index is 0.0928. The zero-order chi connectivity index (χ0) is 15.5. The molecule has 2 rings (SSSR count). The van der Waals surface area contributed by atoms with Crippen molar-refractivity contribution in [2.24, 2.45) is 0 Å². The maximum atomic E-state index is 12.3. The van der Waals surface area contributed by atoms with E-state index < -0.39 is 15.4 Å². The molecule has 6 heteroatoms. The number of sulfone groups is 1. The van der Waals surface area contributed by atoms with Crippen molar-refractivity contribution >= 4 is 15.7 Å². The van der Waals surface area contributed by atoms with E-state index in [1.54, 1.807) is 12.1 Å². The van der Waals surface area contributed by atoms with Crippen molar-refractivity contribution in [3.8, 4) is 0 Å². The van der Waals surface area contributed by atoms with E-state index in [9.17, 15) is 18.3 Å². The number of carbonyl (C=O) groups excluding carboxylic acids is 1. The Kier molecular flexibility index (Phi) is 4.68. The Hall–Kier alpha value is -1.40. The van der Waals surface area contributed by atoms with Gasteiger partial charge in [-0.15, -0.1) is 0 Å². The first-order valence-electron chi connectivity index (χ1n) is 7.10. The summed E-state index contributed by atoms with van der Waals surface area (Å²) < 4.78 is 23.1. The molecule has 2 N–H and O–H groups in total. The summed E-state index contributed by atoms with van der Waals surface area (Å²) in [7, 11) is -3.34. The smallest absolute Gasteiger partial charge is 0.251 e. The van der Waals surface area contributed by atoms with E-state index in [4.69, 9.17) is 0 Å². The van der Waals surface area contributed by atoms with Gasteiger partial charge in [0.2, 0.25) is 0 Å². The predicted octanol–water partition coefficient (Wildman–Crippen LogP) is 1.52. The maximum absolute atomic E-state index is 12.3. The zero-order valence-corrected chi connectivity index (χ0v) is 12.9. The lowest BCUT2D eigenvalue weighted by Gasteiger charge is -2.36. The fourth-order valence-corrected chi connectivity index (χ4v) is 3.40. The third-order valence-corrected chi connectivity index (χ3v) is 5.13. The van der Waals surface area contributed by atoms with Gasteiger partial charge in [-0.1, -0.05) is 25.3 Å². The van der Waals surface area contributed by atoms with Gasteiger partial charge in [-0.25, -0.2) is 8.42 Å². The van der Waals surface area contributed by atoms with Gasteiger partial charge in [0.05, 0.1) is 17.0 Å². The average Bonchev–Trinajstić information content (AvgIpc) is 2.47. The summed E-state index contributed by atoms with van der Waals surface area (Å²) in [5.74, 6) is -0.337. The highest BCUT2D eigenvalue weighted by molar-refractivity contribution is 7.90. The Bertz CT molecular complexity index is 618. The van der Waals surface area contributed by atoms with Crippen LogP contribution in [0, 0.1) is 0 Å². The molecule has 0 atom stereocenters. The summed E-state index contributed by atoms with van der Waals surface area (Å²) in [6.45, 7) is -0.0928. The van der Waals surface area contributed by atoms with Crippen LogP contribution in [0.1, 0.15) is 42.5 Å². The van der Waals surface area contributed by atoms with E-state index >= 15 is 0 Å². The fourth-order valence-electron chi connectivity index (χ4n) is 2.73. The molecule has 1 amide bonds. The van der Waals surface area contributed by atoms with E-state index in [2.05, 4.69) is 5.32 Å². The second-order valence-electron chi connectivity index (χ2n) is 5.75. The van der Waals surface area contributed by atoms with Crippen LogP contribution in [0.15, 0.2) is 29.2 Å². The molecule has 1 aliphatic carbocycles. The van der Waals surface area contributed by atoms with Crippen LogP contribution in [0.2, 0.25) is 0 Å². The van der Waals surface area contributed by atoms with Gasteiger partial charge in [-0.3, -0.25) is 4.79 Å². The first kappa shape index (κ1) is 16.0. The lowest BCUT2D eigenvalue weighted by molar-refractivity contribution is 0.0758. The molecule has 0 aliphatic heterocycles. The summed E-state index contributed by atoms with van der Waals surface area (Å²) in [4.78, 5) is 12.5. The van der Waals surface area contributed by atoms with Gasteiger partial charge in [0.25, 0.3) is 5.91 Å². The van der Waals surface area contributed by atoms with Crippen LogP contribution in [-0.4, -0.2) is 37.8 Å². The molecular formula is C15H21NO4S. The molecule has 1 aromatic rings. The fraction of sp³-hybridized carbons (Fsp3) is 0.533. The van der Waals surface area contributed by atoms with Crippen LogP contribution in [0.25, 0.3) is 0 Å². The van der Waals surface area contributed by atoms with Crippen molar-refractivity contribution in [3.63, 3.8) is 0 Å². The second-order valence-corrected chi connectivity index (χ2v) is 7.77. The van der Waals surface area contributed by atoms with Crippen molar-refractivity contribution < 1.29 is 18.3 Å². The molecule has 0 bridgehead atoms. The summed E-state index contributed by atoms with van der Waals surface area (Å²) in [6, 6.07) is 5.98. The van der Waals surface area contributed by atoms with Crippen molar-refractivity contribution in [2.75, 3.05) is 12.9 Å². The van der Waals surface area contributed by atoms with E-state index in [0.29, 0.717) is 5.56 Å². The Morgan fingerprint density at radius 1 is 1.29 bits per heavy atom. The van der Waals surface area contributed by atoms with Gasteiger partial charge < -0.3 is 10.4 Å². The molecule has 0 radical (unpaired) electrons. The number of rotatable bonds is 4. The normalized spacial score (nSPS) is 18.2. The molecule has 1 fully saturated rings. The third kappa shape index (κ3) is 3.83. The Labute approximate surface area is 125 Å². The van der Waals surface area contributed by atoms with E-state index in [1.807, 2.05) is 0 Å². The number of amides is 1. The van der Waals surface area contributed by atoms with Gasteiger partial charge in [-0.2, -0.15) is 0 Å². The quantitative estimate of drug-likeness (QED) is 0.883. The molecule has 0 unspecified atom stereocenters. The van der Waals surface area contributed by atoms with Crippen molar-refractivity contribution in [1.82, 2.24) is 5.32 Å². The summed E-state index contributed by atoms with van der Waals surface area (Å²) in [5.41, 5.74) is -0.271. The van der Waals surface area contributed by atoms with Crippen molar-refractivity contribution in [3.05, 3.63) is 29.8 Å². The van der Waals surface area contributed by atoms with Gasteiger partial charge in [0, 0.05) is 11.8 Å². The Balaban J connectivity index is 2.20. The SMILES string of the molecule is CS(=O)(=O)c1cccc(C(=O)NC2(CO)CCCCC2)c1. The molecule has 21 heavy (non-hydrogen) atoms. The van der Waals surface area contributed by atoms with E-state index in [0.717, 1.165) is 38.4 Å². The number of aliphatic hydroxyl groups excluding tert-OH is 1. The number of hydrogen-bond donors (Lipinski definition) is 2. The van der Waals surface area contributed by atoms with Crippen LogP contribution >= 0.6 is 0 Å². The predicted molar refractivity (Wildman–Crippen MR) is 79.9 cm³/mol. The number of nitrogens with one attached hydrogen (secondary N) is 1. The highest BCUT2D eigenvalue weighted by Crippen LogP contribution is 2.28. The molecule has 1 saturated carbocycles. The first-order valence-corrected chi connectivity index (χ1v) is 8.99. The topological polar surface area (TPSA) is 83.5 Å². The number of benzene rings is 1. The zero-order valence-electron chi connectivity index (χ0n) is 12.1. The number of carbonyl (C=O) groups is 1. The van der Waals surface area contributed by atoms with Crippen molar-refractivity contribution in [2.45, 2.75) is 42.5 Å². The molecule has 1 aliphatic rings. The van der Waals surface area contributed by atoms with Crippen LogP contribution in [0.3, 0.4) is 0 Å². The largest absolute Gasteiger partial charge is 0.394 e. The molecule has 0 aromatic heterocycles.